The number of carbonyl (C=O) groups is 1. The van der Waals surface area contributed by atoms with Crippen molar-refractivity contribution in [3.63, 3.8) is 0 Å². The van der Waals surface area contributed by atoms with E-state index in [1.165, 1.54) is 0 Å². The topological polar surface area (TPSA) is 26.3 Å². The van der Waals surface area contributed by atoms with Crippen LogP contribution in [-0.4, -0.2) is 43.2 Å². The summed E-state index contributed by atoms with van der Waals surface area (Å²) < 4.78 is 6.00. The second-order valence-corrected chi connectivity index (χ2v) is 4.12. The zero-order valence-electron chi connectivity index (χ0n) is 10.2. The lowest BCUT2D eigenvalue weighted by molar-refractivity contribution is -0.899. The van der Waals surface area contributed by atoms with Crippen molar-refractivity contribution < 1.29 is 14.0 Å². The van der Waals surface area contributed by atoms with E-state index in [4.69, 9.17) is 4.74 Å². The van der Waals surface area contributed by atoms with E-state index >= 15 is 0 Å². The number of quaternary nitrogens is 1. The zero-order valence-corrected chi connectivity index (χ0v) is 10.2. The predicted octanol–water partition coefficient (Wildman–Crippen LogP) is 1.81. The average molecular weight is 202 g/mol. The first kappa shape index (κ1) is 13.4. The van der Waals surface area contributed by atoms with E-state index in [2.05, 4.69) is 20.9 Å². The lowest BCUT2D eigenvalue weighted by Crippen LogP contribution is -2.48. The molecule has 0 saturated carbocycles. The molecule has 0 saturated heterocycles. The Morgan fingerprint density at radius 2 is 1.79 bits per heavy atom. The van der Waals surface area contributed by atoms with Gasteiger partial charge in [0.25, 0.3) is 0 Å². The van der Waals surface area contributed by atoms with E-state index in [0.29, 0.717) is 6.54 Å². The highest BCUT2D eigenvalue weighted by atomic mass is 16.5. The van der Waals surface area contributed by atoms with Gasteiger partial charge in [0.2, 0.25) is 0 Å². The Balaban J connectivity index is 4.04. The zero-order chi connectivity index (χ0) is 11.2. The number of likely N-dealkylation sites (N-methyl/N-ethyl adjacent to an activating group) is 1. The fourth-order valence-corrected chi connectivity index (χ4v) is 1.10. The van der Waals surface area contributed by atoms with Crippen molar-refractivity contribution in [3.05, 3.63) is 0 Å². The molecule has 1 atom stereocenters. The van der Waals surface area contributed by atoms with Crippen molar-refractivity contribution in [2.75, 3.05) is 26.7 Å². The first-order chi connectivity index (χ1) is 6.47. The van der Waals surface area contributed by atoms with Crippen molar-refractivity contribution >= 4 is 5.97 Å². The van der Waals surface area contributed by atoms with Crippen LogP contribution < -0.4 is 0 Å². The minimum atomic E-state index is -0.0782. The van der Waals surface area contributed by atoms with E-state index in [9.17, 15) is 4.79 Å². The summed E-state index contributed by atoms with van der Waals surface area (Å²) in [5, 5.41) is 0. The molecule has 0 rings (SSSR count). The number of hydrogen-bond acceptors (Lipinski definition) is 2. The maximum Gasteiger partial charge on any atom is 0.362 e. The number of hydrogen-bond donors (Lipinski definition) is 0. The molecule has 0 aliphatic carbocycles. The molecule has 0 radical (unpaired) electrons. The normalized spacial score (nSPS) is 13.8. The Morgan fingerprint density at radius 3 is 2.14 bits per heavy atom. The van der Waals surface area contributed by atoms with Crippen LogP contribution in [0.25, 0.3) is 0 Å². The van der Waals surface area contributed by atoms with Crippen molar-refractivity contribution in [2.45, 2.75) is 40.2 Å². The van der Waals surface area contributed by atoms with Gasteiger partial charge in [-0.2, -0.15) is 0 Å². The fraction of sp³-hybridized carbons (Fsp3) is 0.909. The van der Waals surface area contributed by atoms with Crippen molar-refractivity contribution in [3.8, 4) is 0 Å². The summed E-state index contributed by atoms with van der Waals surface area (Å²) in [7, 11) is 2.08. The van der Waals surface area contributed by atoms with Gasteiger partial charge < -0.3 is 9.22 Å². The van der Waals surface area contributed by atoms with Crippen LogP contribution in [-0.2, 0) is 9.53 Å². The molecule has 0 N–H and O–H groups in total. The van der Waals surface area contributed by atoms with Gasteiger partial charge in [-0.3, -0.25) is 0 Å². The quantitative estimate of drug-likeness (QED) is 0.485. The molecule has 0 fully saturated rings. The fourth-order valence-electron chi connectivity index (χ4n) is 1.10. The molecule has 0 spiro atoms. The average Bonchev–Trinajstić information content (AvgIpc) is 2.17. The SMILES string of the molecule is CCC(C)OC(=O)C[N+](C)(CC)CC. The van der Waals surface area contributed by atoms with E-state index in [1.54, 1.807) is 0 Å². The third-order valence-electron chi connectivity index (χ3n) is 2.95. The number of nitrogens with zero attached hydrogens (tertiary/aromatic N) is 1. The van der Waals surface area contributed by atoms with Gasteiger partial charge in [-0.15, -0.1) is 0 Å². The van der Waals surface area contributed by atoms with Crippen molar-refractivity contribution in [1.29, 1.82) is 0 Å². The molecule has 1 unspecified atom stereocenters. The molecular formula is C11H24NO2+. The summed E-state index contributed by atoms with van der Waals surface area (Å²) in [4.78, 5) is 11.5. The van der Waals surface area contributed by atoms with Crippen LogP contribution in [0, 0.1) is 0 Å². The van der Waals surface area contributed by atoms with Gasteiger partial charge in [-0.1, -0.05) is 6.92 Å². The number of carbonyl (C=O) groups excluding carboxylic acids is 1. The number of ether oxygens (including phenoxy) is 1. The molecule has 0 aromatic heterocycles. The largest absolute Gasteiger partial charge is 0.459 e. The van der Waals surface area contributed by atoms with Crippen molar-refractivity contribution in [2.24, 2.45) is 0 Å². The summed E-state index contributed by atoms with van der Waals surface area (Å²) in [5.74, 6) is -0.0782. The van der Waals surface area contributed by atoms with Gasteiger partial charge in [-0.05, 0) is 27.2 Å². The number of esters is 1. The molecular weight excluding hydrogens is 178 g/mol. The van der Waals surface area contributed by atoms with Crippen LogP contribution in [0.3, 0.4) is 0 Å². The summed E-state index contributed by atoms with van der Waals surface area (Å²) in [6, 6.07) is 0. The smallest absolute Gasteiger partial charge is 0.362 e. The molecule has 14 heavy (non-hydrogen) atoms. The van der Waals surface area contributed by atoms with Crippen LogP contribution in [0.1, 0.15) is 34.1 Å². The Labute approximate surface area is 87.6 Å². The van der Waals surface area contributed by atoms with Gasteiger partial charge in [0.15, 0.2) is 6.54 Å². The van der Waals surface area contributed by atoms with Gasteiger partial charge in [0.05, 0.1) is 26.2 Å². The molecule has 0 amide bonds. The molecule has 0 aliphatic rings. The Bertz CT molecular complexity index is 176. The number of rotatable bonds is 6. The second kappa shape index (κ2) is 6.02. The van der Waals surface area contributed by atoms with Crippen LogP contribution in [0.15, 0.2) is 0 Å². The minimum Gasteiger partial charge on any atom is -0.459 e. The molecule has 3 nitrogen and oxygen atoms in total. The van der Waals surface area contributed by atoms with E-state index in [0.717, 1.165) is 24.0 Å². The maximum atomic E-state index is 11.5. The molecule has 3 heteroatoms. The Hall–Kier alpha value is -0.570. The van der Waals surface area contributed by atoms with Crippen LogP contribution in [0.5, 0.6) is 0 Å². The standard InChI is InChI=1S/C11H24NO2/c1-6-10(4)14-11(13)9-12(5,7-2)8-3/h10H,6-9H2,1-5H3/q+1. The Kier molecular flexibility index (Phi) is 5.77. The van der Waals surface area contributed by atoms with Crippen LogP contribution in [0.2, 0.25) is 0 Å². The highest BCUT2D eigenvalue weighted by molar-refractivity contribution is 5.70. The molecule has 84 valence electrons. The van der Waals surface area contributed by atoms with Gasteiger partial charge in [0, 0.05) is 0 Å². The van der Waals surface area contributed by atoms with E-state index in [-0.39, 0.29) is 12.1 Å². The first-order valence-electron chi connectivity index (χ1n) is 5.50. The minimum absolute atomic E-state index is 0.0460. The summed E-state index contributed by atoms with van der Waals surface area (Å²) in [6.45, 7) is 10.6. The lowest BCUT2D eigenvalue weighted by Gasteiger charge is -2.31. The second-order valence-electron chi connectivity index (χ2n) is 4.12. The summed E-state index contributed by atoms with van der Waals surface area (Å²) >= 11 is 0. The highest BCUT2D eigenvalue weighted by Crippen LogP contribution is 2.04. The van der Waals surface area contributed by atoms with Gasteiger partial charge >= 0.3 is 5.97 Å². The Morgan fingerprint density at radius 1 is 1.29 bits per heavy atom. The van der Waals surface area contributed by atoms with Crippen LogP contribution in [0.4, 0.5) is 0 Å². The van der Waals surface area contributed by atoms with E-state index < -0.39 is 0 Å². The molecule has 0 aliphatic heterocycles. The highest BCUT2D eigenvalue weighted by Gasteiger charge is 2.23. The molecule has 0 aromatic carbocycles. The predicted molar refractivity (Wildman–Crippen MR) is 58.0 cm³/mol. The van der Waals surface area contributed by atoms with Crippen LogP contribution >= 0.6 is 0 Å². The first-order valence-corrected chi connectivity index (χ1v) is 5.50. The third-order valence-corrected chi connectivity index (χ3v) is 2.95. The van der Waals surface area contributed by atoms with Gasteiger partial charge in [0.1, 0.15) is 0 Å². The monoisotopic (exact) mass is 202 g/mol. The van der Waals surface area contributed by atoms with Gasteiger partial charge in [-0.25, -0.2) is 4.79 Å². The van der Waals surface area contributed by atoms with Crippen molar-refractivity contribution in [1.82, 2.24) is 0 Å². The third kappa shape index (κ3) is 4.61. The summed E-state index contributed by atoms with van der Waals surface area (Å²) in [5.41, 5.74) is 0. The summed E-state index contributed by atoms with van der Waals surface area (Å²) in [6.07, 6.45) is 0.929. The lowest BCUT2D eigenvalue weighted by atomic mass is 10.3. The molecule has 0 bridgehead atoms. The molecule has 0 aromatic rings. The van der Waals surface area contributed by atoms with E-state index in [1.807, 2.05) is 13.8 Å². The maximum absolute atomic E-state index is 11.5. The molecule has 0 heterocycles.